The van der Waals surface area contributed by atoms with Gasteiger partial charge in [0.1, 0.15) is 6.10 Å². The summed E-state index contributed by atoms with van der Waals surface area (Å²) in [7, 11) is 0. The van der Waals surface area contributed by atoms with E-state index < -0.39 is 24.2 Å². The number of carbonyl (C=O) groups excluding carboxylic acids is 1. The summed E-state index contributed by atoms with van der Waals surface area (Å²) in [5.41, 5.74) is 0. The first kappa shape index (κ1) is 48.3. The molecule has 5 nitrogen and oxygen atoms in total. The van der Waals surface area contributed by atoms with Gasteiger partial charge in [-0.3, -0.25) is 4.79 Å². The SMILES string of the molecule is CCCCC/C=C\CCCCCCC(O)C(=O)NC(CO)C(O)/C=C/CC/C=C/CC/C=C/CCCCCCCCCCCCCCCCC. The highest BCUT2D eigenvalue weighted by atomic mass is 16.3. The third-order valence-corrected chi connectivity index (χ3v) is 9.62. The van der Waals surface area contributed by atoms with E-state index in [1.165, 1.54) is 128 Å². The fourth-order valence-corrected chi connectivity index (χ4v) is 6.21. The average Bonchev–Trinajstić information content (AvgIpc) is 3.12. The molecular formula is C45H83NO4. The van der Waals surface area contributed by atoms with Crippen LogP contribution >= 0.6 is 0 Å². The van der Waals surface area contributed by atoms with Crippen molar-refractivity contribution in [2.24, 2.45) is 0 Å². The molecular weight excluding hydrogens is 618 g/mol. The quantitative estimate of drug-likeness (QED) is 0.0381. The third kappa shape index (κ3) is 34.7. The van der Waals surface area contributed by atoms with Crippen LogP contribution < -0.4 is 5.32 Å². The zero-order chi connectivity index (χ0) is 36.6. The van der Waals surface area contributed by atoms with Crippen molar-refractivity contribution in [3.05, 3.63) is 48.6 Å². The minimum Gasteiger partial charge on any atom is -0.394 e. The molecule has 0 aromatic carbocycles. The van der Waals surface area contributed by atoms with Gasteiger partial charge in [-0.15, -0.1) is 0 Å². The fraction of sp³-hybridized carbons (Fsp3) is 0.800. The monoisotopic (exact) mass is 702 g/mol. The lowest BCUT2D eigenvalue weighted by Crippen LogP contribution is -2.48. The molecule has 0 aromatic rings. The van der Waals surface area contributed by atoms with Gasteiger partial charge in [-0.1, -0.05) is 184 Å². The van der Waals surface area contributed by atoms with Gasteiger partial charge in [-0.2, -0.15) is 0 Å². The molecule has 5 heteroatoms. The predicted molar refractivity (Wildman–Crippen MR) is 217 cm³/mol. The second kappa shape index (κ2) is 40.1. The van der Waals surface area contributed by atoms with Crippen molar-refractivity contribution < 1.29 is 20.1 Å². The Morgan fingerprint density at radius 3 is 1.26 bits per heavy atom. The van der Waals surface area contributed by atoms with E-state index in [9.17, 15) is 20.1 Å². The summed E-state index contributed by atoms with van der Waals surface area (Å²) in [6, 6.07) is -0.825. The van der Waals surface area contributed by atoms with E-state index in [0.29, 0.717) is 6.42 Å². The van der Waals surface area contributed by atoms with Crippen LogP contribution in [0.2, 0.25) is 0 Å². The van der Waals surface area contributed by atoms with Crippen molar-refractivity contribution in [3.63, 3.8) is 0 Å². The van der Waals surface area contributed by atoms with E-state index in [2.05, 4.69) is 55.6 Å². The summed E-state index contributed by atoms with van der Waals surface area (Å²) in [4.78, 5) is 12.4. The van der Waals surface area contributed by atoms with Crippen LogP contribution in [-0.2, 0) is 4.79 Å². The highest BCUT2D eigenvalue weighted by Gasteiger charge is 2.22. The van der Waals surface area contributed by atoms with Crippen molar-refractivity contribution in [3.8, 4) is 0 Å². The van der Waals surface area contributed by atoms with E-state index in [1.807, 2.05) is 6.08 Å². The van der Waals surface area contributed by atoms with Gasteiger partial charge in [0.25, 0.3) is 0 Å². The van der Waals surface area contributed by atoms with Crippen LogP contribution in [0.3, 0.4) is 0 Å². The van der Waals surface area contributed by atoms with Crippen molar-refractivity contribution in [2.75, 3.05) is 6.61 Å². The number of hydrogen-bond donors (Lipinski definition) is 4. The summed E-state index contributed by atoms with van der Waals surface area (Å²) in [5, 5.41) is 33.0. The summed E-state index contributed by atoms with van der Waals surface area (Å²) >= 11 is 0. The highest BCUT2D eigenvalue weighted by Crippen LogP contribution is 2.14. The zero-order valence-electron chi connectivity index (χ0n) is 33.0. The van der Waals surface area contributed by atoms with Crippen LogP contribution in [0, 0.1) is 0 Å². The first-order valence-electron chi connectivity index (χ1n) is 21.5. The van der Waals surface area contributed by atoms with Crippen molar-refractivity contribution in [2.45, 2.75) is 225 Å². The Morgan fingerprint density at radius 1 is 0.480 bits per heavy atom. The Labute approximate surface area is 310 Å². The summed E-state index contributed by atoms with van der Waals surface area (Å²) in [5.74, 6) is -0.529. The number of hydrogen-bond acceptors (Lipinski definition) is 4. The largest absolute Gasteiger partial charge is 0.394 e. The molecule has 0 saturated carbocycles. The predicted octanol–water partition coefficient (Wildman–Crippen LogP) is 12.2. The van der Waals surface area contributed by atoms with Crippen molar-refractivity contribution >= 4 is 5.91 Å². The standard InChI is InChI=1S/C45H83NO4/c1-3-5-7-9-11-13-15-16-17-18-19-20-21-22-23-24-25-26-27-28-30-31-33-35-37-39-43(48)42(41-47)46-45(50)44(49)40-38-36-34-32-29-14-12-10-8-6-4-2/h12,14,25-26,30-31,37,39,42-44,47-49H,3-11,13,15-24,27-29,32-36,38,40-41H2,1-2H3,(H,46,50)/b14-12-,26-25+,31-30+,39-37+. The van der Waals surface area contributed by atoms with Gasteiger partial charge in [0.15, 0.2) is 0 Å². The molecule has 3 atom stereocenters. The molecule has 0 aliphatic carbocycles. The van der Waals surface area contributed by atoms with E-state index in [1.54, 1.807) is 6.08 Å². The van der Waals surface area contributed by atoms with Gasteiger partial charge in [0.2, 0.25) is 5.91 Å². The maximum absolute atomic E-state index is 12.4. The summed E-state index contributed by atoms with van der Waals surface area (Å²) < 4.78 is 0. The minimum atomic E-state index is -1.12. The highest BCUT2D eigenvalue weighted by molar-refractivity contribution is 5.80. The molecule has 4 N–H and O–H groups in total. The van der Waals surface area contributed by atoms with Crippen LogP contribution in [-0.4, -0.2) is 46.1 Å². The lowest BCUT2D eigenvalue weighted by Gasteiger charge is -2.21. The second-order valence-corrected chi connectivity index (χ2v) is 14.5. The lowest BCUT2D eigenvalue weighted by molar-refractivity contribution is -0.131. The van der Waals surface area contributed by atoms with Gasteiger partial charge < -0.3 is 20.6 Å². The Hall–Kier alpha value is -1.69. The smallest absolute Gasteiger partial charge is 0.249 e. The van der Waals surface area contributed by atoms with Crippen molar-refractivity contribution in [1.29, 1.82) is 0 Å². The maximum Gasteiger partial charge on any atom is 0.249 e. The molecule has 0 aliphatic rings. The number of rotatable bonds is 38. The first-order valence-corrected chi connectivity index (χ1v) is 21.5. The Morgan fingerprint density at radius 2 is 0.820 bits per heavy atom. The molecule has 3 unspecified atom stereocenters. The number of allylic oxidation sites excluding steroid dienone is 7. The first-order chi connectivity index (χ1) is 24.6. The number of aliphatic hydroxyl groups is 3. The molecule has 0 aliphatic heterocycles. The van der Waals surface area contributed by atoms with E-state index in [-0.39, 0.29) is 6.61 Å². The number of unbranched alkanes of at least 4 members (excludes halogenated alkanes) is 24. The zero-order valence-corrected chi connectivity index (χ0v) is 33.0. The average molecular weight is 702 g/mol. The molecule has 0 bridgehead atoms. The molecule has 1 amide bonds. The maximum atomic E-state index is 12.4. The Kier molecular flexibility index (Phi) is 38.7. The van der Waals surface area contributed by atoms with Crippen LogP contribution in [0.25, 0.3) is 0 Å². The Balaban J connectivity index is 3.73. The topological polar surface area (TPSA) is 89.8 Å². The van der Waals surface area contributed by atoms with Gasteiger partial charge in [0.05, 0.1) is 18.8 Å². The van der Waals surface area contributed by atoms with E-state index in [4.69, 9.17) is 0 Å². The molecule has 0 rings (SSSR count). The molecule has 50 heavy (non-hydrogen) atoms. The van der Waals surface area contributed by atoms with Gasteiger partial charge in [-0.25, -0.2) is 0 Å². The molecule has 0 aromatic heterocycles. The van der Waals surface area contributed by atoms with Gasteiger partial charge in [0, 0.05) is 0 Å². The second-order valence-electron chi connectivity index (χ2n) is 14.5. The third-order valence-electron chi connectivity index (χ3n) is 9.62. The summed E-state index contributed by atoms with van der Waals surface area (Å²) in [6.07, 6.45) is 51.6. The molecule has 0 radical (unpaired) electrons. The van der Waals surface area contributed by atoms with Crippen LogP contribution in [0.4, 0.5) is 0 Å². The minimum absolute atomic E-state index is 0.386. The van der Waals surface area contributed by atoms with Crippen molar-refractivity contribution in [1.82, 2.24) is 5.32 Å². The van der Waals surface area contributed by atoms with Crippen LogP contribution in [0.5, 0.6) is 0 Å². The lowest BCUT2D eigenvalue weighted by atomic mass is 10.0. The molecule has 0 fully saturated rings. The summed E-state index contributed by atoms with van der Waals surface area (Å²) in [6.45, 7) is 4.12. The number of carbonyl (C=O) groups is 1. The molecule has 0 spiro atoms. The van der Waals surface area contributed by atoms with Crippen LogP contribution in [0.1, 0.15) is 206 Å². The van der Waals surface area contributed by atoms with E-state index in [0.717, 1.165) is 57.8 Å². The molecule has 292 valence electrons. The van der Waals surface area contributed by atoms with Gasteiger partial charge in [-0.05, 0) is 70.6 Å². The molecule has 0 heterocycles. The number of amides is 1. The normalized spacial score (nSPS) is 14.1. The fourth-order valence-electron chi connectivity index (χ4n) is 6.21. The van der Waals surface area contributed by atoms with Crippen LogP contribution in [0.15, 0.2) is 48.6 Å². The number of nitrogens with one attached hydrogen (secondary N) is 1. The Bertz CT molecular complexity index is 820. The van der Waals surface area contributed by atoms with E-state index >= 15 is 0 Å². The van der Waals surface area contributed by atoms with Gasteiger partial charge >= 0.3 is 0 Å². The number of aliphatic hydroxyl groups excluding tert-OH is 3. The molecule has 0 saturated heterocycles.